The van der Waals surface area contributed by atoms with Gasteiger partial charge in [0.05, 0.1) is 18.7 Å². The zero-order chi connectivity index (χ0) is 21.7. The van der Waals surface area contributed by atoms with Crippen LogP contribution in [0.4, 0.5) is 13.2 Å². The second kappa shape index (κ2) is 11.2. The summed E-state index contributed by atoms with van der Waals surface area (Å²) in [5, 5.41) is 7.74. The van der Waals surface area contributed by atoms with Crippen LogP contribution >= 0.6 is 35.3 Å². The number of rotatable bonds is 7. The van der Waals surface area contributed by atoms with Crippen molar-refractivity contribution in [3.63, 3.8) is 0 Å². The molecular weight excluding hydrogens is 544 g/mol. The van der Waals surface area contributed by atoms with E-state index in [4.69, 9.17) is 9.47 Å². The molecule has 0 aliphatic carbocycles. The number of fused-ring (bicyclic) bond motifs is 1. The second-order valence-corrected chi connectivity index (χ2v) is 7.84. The molecular formula is C20H26F3IN4O2S. The number of nitrogens with one attached hydrogen (secondary N) is 2. The SMILES string of the molecule is CCNC(=NCc1cc2c(cc1OC)CC(C)O2)NCCc1nc(C(F)(F)F)cs1.I. The third-order valence-electron chi connectivity index (χ3n) is 4.52. The van der Waals surface area contributed by atoms with E-state index in [-0.39, 0.29) is 30.1 Å². The Labute approximate surface area is 200 Å². The molecule has 0 bridgehead atoms. The molecule has 31 heavy (non-hydrogen) atoms. The molecule has 6 nitrogen and oxygen atoms in total. The summed E-state index contributed by atoms with van der Waals surface area (Å²) in [6.07, 6.45) is -3.04. The van der Waals surface area contributed by atoms with Crippen LogP contribution in [0.3, 0.4) is 0 Å². The minimum absolute atomic E-state index is 0. The second-order valence-electron chi connectivity index (χ2n) is 6.90. The van der Waals surface area contributed by atoms with E-state index < -0.39 is 11.9 Å². The molecule has 11 heteroatoms. The molecule has 2 N–H and O–H groups in total. The van der Waals surface area contributed by atoms with Crippen molar-refractivity contribution in [3.8, 4) is 11.5 Å². The highest BCUT2D eigenvalue weighted by molar-refractivity contribution is 14.0. The summed E-state index contributed by atoms with van der Waals surface area (Å²) in [5.74, 6) is 2.19. The Morgan fingerprint density at radius 1 is 1.35 bits per heavy atom. The van der Waals surface area contributed by atoms with Gasteiger partial charge in [-0.2, -0.15) is 13.2 Å². The first-order valence-corrected chi connectivity index (χ1v) is 10.6. The van der Waals surface area contributed by atoms with Crippen LogP contribution in [0.1, 0.15) is 35.7 Å². The average Bonchev–Trinajstić information content (AvgIpc) is 3.30. The van der Waals surface area contributed by atoms with Gasteiger partial charge in [0.1, 0.15) is 17.6 Å². The van der Waals surface area contributed by atoms with Crippen LogP contribution in [0.25, 0.3) is 0 Å². The number of guanidine groups is 1. The summed E-state index contributed by atoms with van der Waals surface area (Å²) in [5.41, 5.74) is 1.18. The highest BCUT2D eigenvalue weighted by Gasteiger charge is 2.33. The van der Waals surface area contributed by atoms with Crippen molar-refractivity contribution >= 4 is 41.3 Å². The highest BCUT2D eigenvalue weighted by atomic mass is 127. The standard InChI is InChI=1S/C20H25F3N4O2S.HI/c1-4-24-19(25-6-5-18-27-17(11-30-18)20(21,22)23)26-10-14-9-16-13(7-12(2)29-16)8-15(14)28-3;/h8-9,11-12H,4-7,10H2,1-3H3,(H2,24,25,26);1H. The molecule has 0 saturated carbocycles. The van der Waals surface area contributed by atoms with Crippen LogP contribution in [0.2, 0.25) is 0 Å². The van der Waals surface area contributed by atoms with Gasteiger partial charge in [0, 0.05) is 42.4 Å². The van der Waals surface area contributed by atoms with Gasteiger partial charge in [-0.15, -0.1) is 35.3 Å². The Hall–Kier alpha value is -1.76. The normalized spacial score (nSPS) is 15.7. The molecule has 1 aromatic carbocycles. The summed E-state index contributed by atoms with van der Waals surface area (Å²) in [4.78, 5) is 8.22. The van der Waals surface area contributed by atoms with Crippen molar-refractivity contribution in [2.45, 2.75) is 45.5 Å². The molecule has 3 rings (SSSR count). The lowest BCUT2D eigenvalue weighted by atomic mass is 10.1. The van der Waals surface area contributed by atoms with E-state index in [1.807, 2.05) is 26.0 Å². The van der Waals surface area contributed by atoms with Crippen molar-refractivity contribution in [2.75, 3.05) is 20.2 Å². The predicted octanol–water partition coefficient (Wildman–Crippen LogP) is 4.41. The predicted molar refractivity (Wildman–Crippen MR) is 126 cm³/mol. The third kappa shape index (κ3) is 6.86. The van der Waals surface area contributed by atoms with Gasteiger partial charge < -0.3 is 20.1 Å². The quantitative estimate of drug-likeness (QED) is 0.294. The Morgan fingerprint density at radius 2 is 2.13 bits per heavy atom. The highest BCUT2D eigenvalue weighted by Crippen LogP contribution is 2.35. The third-order valence-corrected chi connectivity index (χ3v) is 5.43. The molecule has 0 saturated heterocycles. The fourth-order valence-corrected chi connectivity index (χ4v) is 3.95. The molecule has 1 aliphatic heterocycles. The van der Waals surface area contributed by atoms with E-state index in [1.165, 1.54) is 0 Å². The summed E-state index contributed by atoms with van der Waals surface area (Å²) >= 11 is 1.01. The maximum Gasteiger partial charge on any atom is 0.434 e. The van der Waals surface area contributed by atoms with Gasteiger partial charge in [0.25, 0.3) is 0 Å². The zero-order valence-corrected chi connectivity index (χ0v) is 20.7. The number of benzene rings is 1. The Morgan fingerprint density at radius 3 is 2.77 bits per heavy atom. The maximum absolute atomic E-state index is 12.7. The minimum Gasteiger partial charge on any atom is -0.496 e. The molecule has 1 unspecified atom stereocenters. The monoisotopic (exact) mass is 570 g/mol. The van der Waals surface area contributed by atoms with Gasteiger partial charge in [-0.25, -0.2) is 9.98 Å². The van der Waals surface area contributed by atoms with Crippen molar-refractivity contribution in [3.05, 3.63) is 39.3 Å². The van der Waals surface area contributed by atoms with E-state index in [2.05, 4.69) is 20.6 Å². The smallest absolute Gasteiger partial charge is 0.434 e. The molecule has 1 atom stereocenters. The Bertz CT molecular complexity index is 905. The number of methoxy groups -OCH3 is 1. The number of aliphatic imine (C=N–C) groups is 1. The van der Waals surface area contributed by atoms with Gasteiger partial charge in [-0.05, 0) is 26.0 Å². The largest absolute Gasteiger partial charge is 0.496 e. The van der Waals surface area contributed by atoms with Gasteiger partial charge >= 0.3 is 6.18 Å². The van der Waals surface area contributed by atoms with Crippen LogP contribution in [0.5, 0.6) is 11.5 Å². The van der Waals surface area contributed by atoms with Crippen LogP contribution in [0, 0.1) is 0 Å². The maximum atomic E-state index is 12.7. The van der Waals surface area contributed by atoms with E-state index in [1.54, 1.807) is 7.11 Å². The summed E-state index contributed by atoms with van der Waals surface area (Å²) in [6.45, 7) is 5.41. The van der Waals surface area contributed by atoms with E-state index in [0.29, 0.717) is 37.0 Å². The van der Waals surface area contributed by atoms with Crippen molar-refractivity contribution in [2.24, 2.45) is 4.99 Å². The summed E-state index contributed by atoms with van der Waals surface area (Å²) in [6, 6.07) is 3.95. The van der Waals surface area contributed by atoms with E-state index in [9.17, 15) is 13.2 Å². The lowest BCUT2D eigenvalue weighted by Crippen LogP contribution is -2.38. The lowest BCUT2D eigenvalue weighted by Gasteiger charge is -2.13. The number of halogens is 4. The number of hydrogen-bond acceptors (Lipinski definition) is 5. The summed E-state index contributed by atoms with van der Waals surface area (Å²) in [7, 11) is 1.63. The van der Waals surface area contributed by atoms with Gasteiger partial charge in [-0.3, -0.25) is 0 Å². The molecule has 1 aliphatic rings. The van der Waals surface area contributed by atoms with Crippen molar-refractivity contribution in [1.82, 2.24) is 15.6 Å². The number of alkyl halides is 3. The first-order valence-electron chi connectivity index (χ1n) is 9.70. The van der Waals surface area contributed by atoms with Crippen LogP contribution in [-0.4, -0.2) is 37.2 Å². The molecule has 0 spiro atoms. The minimum atomic E-state index is -4.41. The number of aromatic nitrogens is 1. The van der Waals surface area contributed by atoms with Crippen molar-refractivity contribution < 1.29 is 22.6 Å². The zero-order valence-electron chi connectivity index (χ0n) is 17.5. The van der Waals surface area contributed by atoms with Crippen molar-refractivity contribution in [1.29, 1.82) is 0 Å². The fourth-order valence-electron chi connectivity index (χ4n) is 3.14. The van der Waals surface area contributed by atoms with Crippen LogP contribution in [-0.2, 0) is 25.6 Å². The number of nitrogens with zero attached hydrogens (tertiary/aromatic N) is 2. The Balaban J connectivity index is 0.00000341. The topological polar surface area (TPSA) is 67.8 Å². The molecule has 1 aromatic heterocycles. The molecule has 172 valence electrons. The van der Waals surface area contributed by atoms with Gasteiger partial charge in [0.2, 0.25) is 0 Å². The van der Waals surface area contributed by atoms with Gasteiger partial charge in [0.15, 0.2) is 11.7 Å². The summed E-state index contributed by atoms with van der Waals surface area (Å²) < 4.78 is 49.3. The molecule has 2 heterocycles. The molecule has 2 aromatic rings. The van der Waals surface area contributed by atoms with Gasteiger partial charge in [-0.1, -0.05) is 0 Å². The van der Waals surface area contributed by atoms with Crippen LogP contribution in [0.15, 0.2) is 22.5 Å². The Kier molecular flexibility index (Phi) is 9.22. The number of thiazole rings is 1. The van der Waals surface area contributed by atoms with E-state index >= 15 is 0 Å². The first kappa shape index (κ1) is 25.5. The fraction of sp³-hybridized carbons (Fsp3) is 0.500. The average molecular weight is 570 g/mol. The lowest BCUT2D eigenvalue weighted by molar-refractivity contribution is -0.140. The molecule has 0 radical (unpaired) electrons. The number of hydrogen-bond donors (Lipinski definition) is 2. The number of ether oxygens (including phenoxy) is 2. The molecule has 0 fully saturated rings. The first-order chi connectivity index (χ1) is 14.3. The van der Waals surface area contributed by atoms with E-state index in [0.717, 1.165) is 45.8 Å². The van der Waals surface area contributed by atoms with Crippen LogP contribution < -0.4 is 20.1 Å². The molecule has 0 amide bonds.